The number of nitrogens with one attached hydrogen (secondary N) is 2. The van der Waals surface area contributed by atoms with Crippen LogP contribution < -0.4 is 10.9 Å². The molecular weight excluding hydrogens is 370 g/mol. The number of anilines is 1. The molecule has 0 saturated carbocycles. The number of carbonyl (C=O) groups is 1. The molecule has 8 heteroatoms. The van der Waals surface area contributed by atoms with Crippen molar-refractivity contribution in [3.05, 3.63) is 70.3 Å². The molecule has 2 N–H and O–H groups in total. The van der Waals surface area contributed by atoms with Crippen LogP contribution in [0.25, 0.3) is 10.9 Å². The van der Waals surface area contributed by atoms with Crippen LogP contribution in [-0.4, -0.2) is 47.6 Å². The lowest BCUT2D eigenvalue weighted by molar-refractivity contribution is -0.117. The molecular formula is C21H21N5O3. The van der Waals surface area contributed by atoms with E-state index in [4.69, 9.17) is 10.00 Å². The molecule has 29 heavy (non-hydrogen) atoms. The lowest BCUT2D eigenvalue weighted by atomic mass is 10.2. The highest BCUT2D eigenvalue weighted by molar-refractivity contribution is 5.92. The quantitative estimate of drug-likeness (QED) is 0.607. The number of nitrogens with zero attached hydrogens (tertiary/aromatic N) is 3. The lowest BCUT2D eigenvalue weighted by Crippen LogP contribution is -2.36. The number of benzene rings is 2. The number of nitriles is 1. The highest BCUT2D eigenvalue weighted by atomic mass is 16.5. The summed E-state index contributed by atoms with van der Waals surface area (Å²) < 4.78 is 5.13. The highest BCUT2D eigenvalue weighted by Gasteiger charge is 2.14. The molecule has 0 unspecified atom stereocenters. The average molecular weight is 391 g/mol. The monoisotopic (exact) mass is 391 g/mol. The van der Waals surface area contributed by atoms with Crippen molar-refractivity contribution >= 4 is 22.5 Å². The van der Waals surface area contributed by atoms with E-state index in [-0.39, 0.29) is 24.6 Å². The summed E-state index contributed by atoms with van der Waals surface area (Å²) in [6.45, 7) is 1.28. The molecule has 2 aromatic carbocycles. The molecule has 8 nitrogen and oxygen atoms in total. The smallest absolute Gasteiger partial charge is 0.258 e. The molecule has 0 aliphatic heterocycles. The predicted octanol–water partition coefficient (Wildman–Crippen LogP) is 1.88. The zero-order valence-corrected chi connectivity index (χ0v) is 16.0. The maximum absolute atomic E-state index is 12.5. The molecule has 0 saturated heterocycles. The van der Waals surface area contributed by atoms with Crippen molar-refractivity contribution in [1.82, 2.24) is 14.9 Å². The van der Waals surface area contributed by atoms with Crippen LogP contribution in [0.15, 0.2) is 53.3 Å². The molecule has 1 aromatic heterocycles. The van der Waals surface area contributed by atoms with Gasteiger partial charge in [0.25, 0.3) is 5.56 Å². The molecule has 0 atom stereocenters. The summed E-state index contributed by atoms with van der Waals surface area (Å²) in [5, 5.41) is 12.3. The number of carbonyl (C=O) groups excluding carboxylic acids is 1. The molecule has 3 rings (SSSR count). The first-order chi connectivity index (χ1) is 14.1. The van der Waals surface area contributed by atoms with E-state index in [2.05, 4.69) is 15.3 Å². The first-order valence-corrected chi connectivity index (χ1v) is 9.08. The van der Waals surface area contributed by atoms with E-state index in [0.717, 1.165) is 0 Å². The number of methoxy groups -OCH3 is 1. The predicted molar refractivity (Wildman–Crippen MR) is 109 cm³/mol. The van der Waals surface area contributed by atoms with Gasteiger partial charge >= 0.3 is 0 Å². The Hall–Kier alpha value is -3.54. The Kier molecular flexibility index (Phi) is 6.68. The zero-order valence-electron chi connectivity index (χ0n) is 16.0. The van der Waals surface area contributed by atoms with Crippen LogP contribution in [0, 0.1) is 11.3 Å². The average Bonchev–Trinajstić information content (AvgIpc) is 2.72. The summed E-state index contributed by atoms with van der Waals surface area (Å²) in [4.78, 5) is 33.9. The number of hydrogen-bond acceptors (Lipinski definition) is 6. The van der Waals surface area contributed by atoms with Crippen molar-refractivity contribution in [2.45, 2.75) is 6.54 Å². The highest BCUT2D eigenvalue weighted by Crippen LogP contribution is 2.11. The van der Waals surface area contributed by atoms with Crippen LogP contribution >= 0.6 is 0 Å². The summed E-state index contributed by atoms with van der Waals surface area (Å²) in [6, 6.07) is 15.9. The number of fused-ring (bicyclic) bond motifs is 1. The molecule has 3 aromatic rings. The van der Waals surface area contributed by atoms with Gasteiger partial charge in [0.15, 0.2) is 0 Å². The van der Waals surface area contributed by atoms with Gasteiger partial charge in [0, 0.05) is 19.3 Å². The maximum atomic E-state index is 12.5. The molecule has 0 aliphatic carbocycles. The second kappa shape index (κ2) is 9.59. The van der Waals surface area contributed by atoms with Gasteiger partial charge in [-0.2, -0.15) is 5.26 Å². The van der Waals surface area contributed by atoms with Gasteiger partial charge in [0.05, 0.1) is 42.2 Å². The number of rotatable bonds is 8. The van der Waals surface area contributed by atoms with E-state index in [1.54, 1.807) is 49.6 Å². The van der Waals surface area contributed by atoms with Gasteiger partial charge in [-0.1, -0.05) is 18.2 Å². The van der Waals surface area contributed by atoms with Gasteiger partial charge < -0.3 is 15.0 Å². The van der Waals surface area contributed by atoms with Gasteiger partial charge in [0.1, 0.15) is 5.82 Å². The van der Waals surface area contributed by atoms with E-state index < -0.39 is 0 Å². The molecule has 0 aliphatic rings. The lowest BCUT2D eigenvalue weighted by Gasteiger charge is -2.21. The number of hydrogen-bond donors (Lipinski definition) is 2. The zero-order chi connectivity index (χ0) is 20.6. The summed E-state index contributed by atoms with van der Waals surface area (Å²) in [5.41, 5.74) is 1.42. The van der Waals surface area contributed by atoms with Gasteiger partial charge in [-0.3, -0.25) is 14.5 Å². The van der Waals surface area contributed by atoms with Crippen molar-refractivity contribution in [2.75, 3.05) is 32.1 Å². The maximum Gasteiger partial charge on any atom is 0.258 e. The Morgan fingerprint density at radius 3 is 2.90 bits per heavy atom. The SMILES string of the molecule is COCCN(CC(=O)Nc1cccc(C#N)c1)Cc1nc2ccccc2c(=O)[nH]1. The number of ether oxygens (including phenoxy) is 1. The van der Waals surface area contributed by atoms with Crippen molar-refractivity contribution in [3.8, 4) is 6.07 Å². The molecule has 0 radical (unpaired) electrons. The van der Waals surface area contributed by atoms with Crippen LogP contribution in [-0.2, 0) is 16.1 Å². The normalized spacial score (nSPS) is 10.8. The fourth-order valence-electron chi connectivity index (χ4n) is 2.93. The minimum Gasteiger partial charge on any atom is -0.383 e. The second-order valence-electron chi connectivity index (χ2n) is 6.47. The summed E-state index contributed by atoms with van der Waals surface area (Å²) >= 11 is 0. The number of amides is 1. The Labute approximate surface area is 167 Å². The first kappa shape index (κ1) is 20.2. The van der Waals surface area contributed by atoms with Gasteiger partial charge in [0.2, 0.25) is 5.91 Å². The Morgan fingerprint density at radius 1 is 1.28 bits per heavy atom. The van der Waals surface area contributed by atoms with Gasteiger partial charge in [-0.05, 0) is 30.3 Å². The molecule has 0 fully saturated rings. The van der Waals surface area contributed by atoms with Crippen LogP contribution in [0.3, 0.4) is 0 Å². The van der Waals surface area contributed by atoms with Crippen molar-refractivity contribution < 1.29 is 9.53 Å². The molecule has 1 heterocycles. The fraction of sp³-hybridized carbons (Fsp3) is 0.238. The molecule has 148 valence electrons. The molecule has 0 bridgehead atoms. The standard InChI is InChI=1S/C21H21N5O3/c1-29-10-9-26(14-20(27)23-16-6-4-5-15(11-16)12-22)13-19-24-18-8-3-2-7-17(18)21(28)25-19/h2-8,11H,9-10,13-14H2,1H3,(H,23,27)(H,24,25,28). The molecule has 0 spiro atoms. The van der Waals surface area contributed by atoms with Crippen LogP contribution in [0.2, 0.25) is 0 Å². The number of para-hydroxylation sites is 1. The minimum absolute atomic E-state index is 0.0800. The third kappa shape index (κ3) is 5.48. The topological polar surface area (TPSA) is 111 Å². The van der Waals surface area contributed by atoms with E-state index >= 15 is 0 Å². The first-order valence-electron chi connectivity index (χ1n) is 9.08. The van der Waals surface area contributed by atoms with E-state index in [1.807, 2.05) is 17.0 Å². The number of aromatic amines is 1. The Bertz CT molecular complexity index is 1100. The van der Waals surface area contributed by atoms with Gasteiger partial charge in [-0.15, -0.1) is 0 Å². The van der Waals surface area contributed by atoms with Crippen molar-refractivity contribution in [3.63, 3.8) is 0 Å². The van der Waals surface area contributed by atoms with Crippen LogP contribution in [0.4, 0.5) is 5.69 Å². The summed E-state index contributed by atoms with van der Waals surface area (Å²) in [7, 11) is 1.59. The van der Waals surface area contributed by atoms with Gasteiger partial charge in [-0.25, -0.2) is 4.98 Å². The minimum atomic E-state index is -0.237. The molecule has 1 amide bonds. The largest absolute Gasteiger partial charge is 0.383 e. The van der Waals surface area contributed by atoms with E-state index in [9.17, 15) is 9.59 Å². The summed E-state index contributed by atoms with van der Waals surface area (Å²) in [5.74, 6) is 0.239. The Morgan fingerprint density at radius 2 is 2.10 bits per heavy atom. The summed E-state index contributed by atoms with van der Waals surface area (Å²) in [6.07, 6.45) is 0. The Balaban J connectivity index is 1.73. The van der Waals surface area contributed by atoms with E-state index in [1.165, 1.54) is 0 Å². The third-order valence-electron chi connectivity index (χ3n) is 4.29. The van der Waals surface area contributed by atoms with Crippen molar-refractivity contribution in [2.24, 2.45) is 0 Å². The van der Waals surface area contributed by atoms with E-state index in [0.29, 0.717) is 41.1 Å². The van der Waals surface area contributed by atoms with Crippen LogP contribution in [0.5, 0.6) is 0 Å². The van der Waals surface area contributed by atoms with Crippen molar-refractivity contribution in [1.29, 1.82) is 5.26 Å². The number of H-pyrrole nitrogens is 1. The third-order valence-corrected chi connectivity index (χ3v) is 4.29. The fourth-order valence-corrected chi connectivity index (χ4v) is 2.93. The number of aromatic nitrogens is 2. The second-order valence-corrected chi connectivity index (χ2v) is 6.47. The van der Waals surface area contributed by atoms with Crippen LogP contribution in [0.1, 0.15) is 11.4 Å².